The summed E-state index contributed by atoms with van der Waals surface area (Å²) in [7, 11) is 3.02. The van der Waals surface area contributed by atoms with Gasteiger partial charge in [-0.1, -0.05) is 6.07 Å². The number of carbonyl (C=O) groups excluding carboxylic acids is 1. The van der Waals surface area contributed by atoms with Crippen LogP contribution in [-0.2, 0) is 17.9 Å². The Balaban J connectivity index is 1.33. The van der Waals surface area contributed by atoms with Crippen molar-refractivity contribution in [2.24, 2.45) is 0 Å². The van der Waals surface area contributed by atoms with E-state index in [1.165, 1.54) is 37.5 Å². The molecule has 0 aliphatic rings. The van der Waals surface area contributed by atoms with Crippen molar-refractivity contribution in [3.8, 4) is 17.2 Å². The van der Waals surface area contributed by atoms with Crippen LogP contribution in [0.15, 0.2) is 60.2 Å². The molecule has 0 bridgehead atoms. The maximum absolute atomic E-state index is 14.4. The van der Waals surface area contributed by atoms with E-state index in [0.717, 1.165) is 0 Å². The maximum atomic E-state index is 14.4. The number of hydrogen-bond acceptors (Lipinski definition) is 6. The van der Waals surface area contributed by atoms with Gasteiger partial charge in [-0.25, -0.2) is 14.4 Å². The van der Waals surface area contributed by atoms with Gasteiger partial charge in [0.25, 0.3) is 5.56 Å². The minimum Gasteiger partial charge on any atom is -0.493 e. The molecule has 2 aromatic heterocycles. The average Bonchev–Trinajstić information content (AvgIpc) is 3.38. The Bertz CT molecular complexity index is 1370. The van der Waals surface area contributed by atoms with Crippen LogP contribution in [0.1, 0.15) is 18.4 Å². The predicted molar refractivity (Wildman–Crippen MR) is 124 cm³/mol. The van der Waals surface area contributed by atoms with E-state index in [4.69, 9.17) is 9.47 Å². The SMILES string of the molecule is COc1cc2ncn(CCCC(=O)NCc3ccc(-n4ccnc4)c(F)c3)c(=O)c2cc1OC. The normalized spacial score (nSPS) is 10.9. The Kier molecular flexibility index (Phi) is 6.86. The van der Waals surface area contributed by atoms with Gasteiger partial charge in [-0.15, -0.1) is 0 Å². The Morgan fingerprint density at radius 3 is 2.62 bits per heavy atom. The minimum atomic E-state index is -0.401. The van der Waals surface area contributed by atoms with Gasteiger partial charge in [0.2, 0.25) is 5.91 Å². The molecule has 4 rings (SSSR count). The van der Waals surface area contributed by atoms with E-state index in [9.17, 15) is 14.0 Å². The summed E-state index contributed by atoms with van der Waals surface area (Å²) < 4.78 is 27.9. The van der Waals surface area contributed by atoms with Gasteiger partial charge in [0.1, 0.15) is 5.82 Å². The van der Waals surface area contributed by atoms with Gasteiger partial charge in [-0.3, -0.25) is 14.2 Å². The van der Waals surface area contributed by atoms with E-state index >= 15 is 0 Å². The number of imidazole rings is 1. The summed E-state index contributed by atoms with van der Waals surface area (Å²) in [5.41, 5.74) is 1.31. The van der Waals surface area contributed by atoms with Gasteiger partial charge >= 0.3 is 0 Å². The minimum absolute atomic E-state index is 0.188. The fraction of sp³-hybridized carbons (Fsp3) is 0.250. The Morgan fingerprint density at radius 2 is 1.91 bits per heavy atom. The fourth-order valence-electron chi connectivity index (χ4n) is 3.62. The molecule has 0 radical (unpaired) electrons. The summed E-state index contributed by atoms with van der Waals surface area (Å²) >= 11 is 0. The van der Waals surface area contributed by atoms with Gasteiger partial charge in [0, 0.05) is 38.0 Å². The van der Waals surface area contributed by atoms with Crippen LogP contribution in [0.2, 0.25) is 0 Å². The third-order valence-corrected chi connectivity index (χ3v) is 5.42. The number of aryl methyl sites for hydroxylation is 1. The lowest BCUT2D eigenvalue weighted by molar-refractivity contribution is -0.121. The molecule has 9 nitrogen and oxygen atoms in total. The second kappa shape index (κ2) is 10.2. The molecule has 0 fully saturated rings. The number of aromatic nitrogens is 4. The number of hydrogen-bond donors (Lipinski definition) is 1. The molecule has 0 spiro atoms. The molecule has 0 aliphatic heterocycles. The van der Waals surface area contributed by atoms with E-state index in [0.29, 0.717) is 46.6 Å². The molecular formula is C24H24FN5O4. The molecule has 2 heterocycles. The molecule has 34 heavy (non-hydrogen) atoms. The number of amides is 1. The number of methoxy groups -OCH3 is 2. The van der Waals surface area contributed by atoms with Crippen molar-refractivity contribution in [1.82, 2.24) is 24.4 Å². The lowest BCUT2D eigenvalue weighted by Crippen LogP contribution is -2.25. The van der Waals surface area contributed by atoms with Crippen LogP contribution in [0.25, 0.3) is 16.6 Å². The van der Waals surface area contributed by atoms with Crippen molar-refractivity contribution in [2.75, 3.05) is 14.2 Å². The average molecular weight is 465 g/mol. The number of nitrogens with zero attached hydrogens (tertiary/aromatic N) is 4. The molecule has 0 saturated heterocycles. The number of rotatable bonds is 9. The zero-order chi connectivity index (χ0) is 24.1. The molecule has 1 N–H and O–H groups in total. The van der Waals surface area contributed by atoms with E-state index in [-0.39, 0.29) is 24.4 Å². The Labute approximate surface area is 194 Å². The molecular weight excluding hydrogens is 441 g/mol. The number of carbonyl (C=O) groups is 1. The lowest BCUT2D eigenvalue weighted by Gasteiger charge is -2.11. The Hall–Kier alpha value is -4.21. The number of nitrogens with one attached hydrogen (secondary N) is 1. The molecule has 10 heteroatoms. The number of fused-ring (bicyclic) bond motifs is 1. The molecule has 0 aliphatic carbocycles. The summed E-state index contributed by atoms with van der Waals surface area (Å²) in [6, 6.07) is 8.03. The van der Waals surface area contributed by atoms with E-state index in [1.807, 2.05) is 0 Å². The van der Waals surface area contributed by atoms with Gasteiger partial charge in [-0.2, -0.15) is 0 Å². The summed E-state index contributed by atoms with van der Waals surface area (Å²) in [6.07, 6.45) is 6.86. The molecule has 0 unspecified atom stereocenters. The largest absolute Gasteiger partial charge is 0.493 e. The first-order chi connectivity index (χ1) is 16.5. The van der Waals surface area contributed by atoms with Crippen LogP contribution in [0.4, 0.5) is 4.39 Å². The van der Waals surface area contributed by atoms with Gasteiger partial charge in [-0.05, 0) is 30.2 Å². The van der Waals surface area contributed by atoms with E-state index in [2.05, 4.69) is 15.3 Å². The molecule has 4 aromatic rings. The number of benzene rings is 2. The van der Waals surface area contributed by atoms with Crippen molar-refractivity contribution < 1.29 is 18.7 Å². The molecule has 0 saturated carbocycles. The van der Waals surface area contributed by atoms with Crippen LogP contribution in [-0.4, -0.2) is 39.2 Å². The standard InChI is InChI=1S/C24H24FN5O4/c1-33-21-11-17-19(12-22(21)34-2)28-15-30(24(17)32)8-3-4-23(31)27-13-16-5-6-20(18(25)10-16)29-9-7-26-14-29/h5-7,9-12,14-15H,3-4,8,13H2,1-2H3,(H,27,31). The highest BCUT2D eigenvalue weighted by molar-refractivity contribution is 5.81. The maximum Gasteiger partial charge on any atom is 0.261 e. The summed E-state index contributed by atoms with van der Waals surface area (Å²) in [5, 5.41) is 3.19. The zero-order valence-electron chi connectivity index (χ0n) is 18.8. The molecule has 2 aromatic carbocycles. The van der Waals surface area contributed by atoms with Crippen LogP contribution >= 0.6 is 0 Å². The van der Waals surface area contributed by atoms with Gasteiger partial charge < -0.3 is 19.4 Å². The van der Waals surface area contributed by atoms with E-state index in [1.54, 1.807) is 41.2 Å². The van der Waals surface area contributed by atoms with Crippen molar-refractivity contribution in [2.45, 2.75) is 25.9 Å². The smallest absolute Gasteiger partial charge is 0.261 e. The number of ether oxygens (including phenoxy) is 2. The van der Waals surface area contributed by atoms with Crippen molar-refractivity contribution >= 4 is 16.8 Å². The first-order valence-corrected chi connectivity index (χ1v) is 10.6. The second-order valence-electron chi connectivity index (χ2n) is 7.60. The Morgan fingerprint density at radius 1 is 1.12 bits per heavy atom. The molecule has 0 atom stereocenters. The monoisotopic (exact) mass is 465 g/mol. The van der Waals surface area contributed by atoms with Crippen molar-refractivity contribution in [1.29, 1.82) is 0 Å². The number of halogens is 1. The topological polar surface area (TPSA) is 100 Å². The quantitative estimate of drug-likeness (QED) is 0.408. The highest BCUT2D eigenvalue weighted by atomic mass is 19.1. The third-order valence-electron chi connectivity index (χ3n) is 5.42. The van der Waals surface area contributed by atoms with E-state index < -0.39 is 5.82 Å². The molecule has 1 amide bonds. The van der Waals surface area contributed by atoms with Crippen LogP contribution in [0.3, 0.4) is 0 Å². The van der Waals surface area contributed by atoms with Crippen molar-refractivity contribution in [3.63, 3.8) is 0 Å². The summed E-state index contributed by atoms with van der Waals surface area (Å²) in [6.45, 7) is 0.539. The van der Waals surface area contributed by atoms with Crippen LogP contribution in [0.5, 0.6) is 11.5 Å². The summed E-state index contributed by atoms with van der Waals surface area (Å²) in [5.74, 6) is 0.350. The third kappa shape index (κ3) is 4.90. The highest BCUT2D eigenvalue weighted by Gasteiger charge is 2.12. The predicted octanol–water partition coefficient (Wildman–Crippen LogP) is 2.84. The van der Waals surface area contributed by atoms with Gasteiger partial charge in [0.15, 0.2) is 11.5 Å². The second-order valence-corrected chi connectivity index (χ2v) is 7.60. The van der Waals surface area contributed by atoms with Crippen molar-refractivity contribution in [3.05, 3.63) is 77.1 Å². The fourth-order valence-corrected chi connectivity index (χ4v) is 3.62. The first kappa shape index (κ1) is 23.0. The highest BCUT2D eigenvalue weighted by Crippen LogP contribution is 2.29. The first-order valence-electron chi connectivity index (χ1n) is 10.6. The van der Waals surface area contributed by atoms with Crippen LogP contribution < -0.4 is 20.3 Å². The zero-order valence-corrected chi connectivity index (χ0v) is 18.8. The van der Waals surface area contributed by atoms with Gasteiger partial charge in [0.05, 0.1) is 43.5 Å². The van der Waals surface area contributed by atoms with Crippen LogP contribution in [0, 0.1) is 5.82 Å². The summed E-state index contributed by atoms with van der Waals surface area (Å²) in [4.78, 5) is 33.3. The lowest BCUT2D eigenvalue weighted by atomic mass is 10.2. The molecule has 176 valence electrons.